The minimum absolute atomic E-state index is 0.0626. The fourth-order valence-electron chi connectivity index (χ4n) is 3.70. The van der Waals surface area contributed by atoms with Crippen molar-refractivity contribution in [3.8, 4) is 0 Å². The number of hydrogen-bond acceptors (Lipinski definition) is 3. The number of nitrogens with zero attached hydrogens (tertiary/aromatic N) is 4. The Balaban J connectivity index is 1.63. The summed E-state index contributed by atoms with van der Waals surface area (Å²) in [4.78, 5) is 16.9. The first-order valence-electron chi connectivity index (χ1n) is 9.16. The molecule has 142 valence electrons. The molecular formula is C19H21F2N5O. The molecule has 3 aromatic rings. The van der Waals surface area contributed by atoms with Gasteiger partial charge in [-0.05, 0) is 31.9 Å². The Morgan fingerprint density at radius 2 is 2.04 bits per heavy atom. The van der Waals surface area contributed by atoms with Gasteiger partial charge in [0.1, 0.15) is 5.65 Å². The van der Waals surface area contributed by atoms with Crippen LogP contribution >= 0.6 is 0 Å². The van der Waals surface area contributed by atoms with Gasteiger partial charge < -0.3 is 9.72 Å². The maximum Gasteiger partial charge on any atom is 0.284 e. The lowest BCUT2D eigenvalue weighted by molar-refractivity contribution is 0.102. The van der Waals surface area contributed by atoms with Crippen LogP contribution in [0.25, 0.3) is 5.65 Å². The second-order valence-corrected chi connectivity index (χ2v) is 6.96. The van der Waals surface area contributed by atoms with Crippen LogP contribution in [0.4, 0.5) is 14.5 Å². The molecular weight excluding hydrogens is 352 g/mol. The van der Waals surface area contributed by atoms with Crippen LogP contribution in [0.2, 0.25) is 0 Å². The van der Waals surface area contributed by atoms with Gasteiger partial charge in [0.15, 0.2) is 5.69 Å². The summed E-state index contributed by atoms with van der Waals surface area (Å²) >= 11 is 0. The van der Waals surface area contributed by atoms with Crippen molar-refractivity contribution in [2.75, 3.05) is 5.32 Å². The molecule has 0 unspecified atom stereocenters. The first kappa shape index (κ1) is 17.6. The molecule has 0 aromatic carbocycles. The van der Waals surface area contributed by atoms with Crippen LogP contribution in [0, 0.1) is 6.92 Å². The van der Waals surface area contributed by atoms with Gasteiger partial charge in [-0.15, -0.1) is 0 Å². The van der Waals surface area contributed by atoms with E-state index in [1.807, 2.05) is 13.0 Å². The van der Waals surface area contributed by atoms with E-state index >= 15 is 0 Å². The molecule has 0 bridgehead atoms. The maximum absolute atomic E-state index is 13.5. The molecule has 1 fully saturated rings. The summed E-state index contributed by atoms with van der Waals surface area (Å²) in [6.07, 6.45) is 7.28. The fourth-order valence-corrected chi connectivity index (χ4v) is 3.70. The summed E-state index contributed by atoms with van der Waals surface area (Å²) < 4.78 is 30.3. The van der Waals surface area contributed by atoms with E-state index in [1.54, 1.807) is 27.5 Å². The number of aryl methyl sites for hydroxylation is 1. The van der Waals surface area contributed by atoms with Crippen LogP contribution in [-0.4, -0.2) is 25.1 Å². The standard InChI is InChI=1S/C19H21F2N5O/c1-12-7-9-22-18-14(8-10-25(12)18)19(27)23-15-11-26(24-16(15)17(20)21)13-5-3-2-4-6-13/h7-11,13,17H,2-6H2,1H3,(H,23,27). The molecule has 3 heterocycles. The van der Waals surface area contributed by atoms with Gasteiger partial charge in [0.2, 0.25) is 0 Å². The van der Waals surface area contributed by atoms with Crippen molar-refractivity contribution in [1.29, 1.82) is 0 Å². The van der Waals surface area contributed by atoms with Crippen molar-refractivity contribution in [3.05, 3.63) is 47.7 Å². The minimum atomic E-state index is -2.75. The number of halogens is 2. The highest BCUT2D eigenvalue weighted by molar-refractivity contribution is 6.08. The minimum Gasteiger partial charge on any atom is -0.319 e. The van der Waals surface area contributed by atoms with Crippen LogP contribution in [0.1, 0.15) is 66.3 Å². The number of aromatic nitrogens is 4. The Bertz CT molecular complexity index is 972. The Labute approximate surface area is 155 Å². The molecule has 1 amide bonds. The van der Waals surface area contributed by atoms with Gasteiger partial charge in [0.25, 0.3) is 12.3 Å². The van der Waals surface area contributed by atoms with Crippen LogP contribution in [0.3, 0.4) is 0 Å². The summed E-state index contributed by atoms with van der Waals surface area (Å²) in [5.41, 5.74) is 1.43. The fraction of sp³-hybridized carbons (Fsp3) is 0.421. The number of amides is 1. The van der Waals surface area contributed by atoms with Gasteiger partial charge in [-0.1, -0.05) is 19.3 Å². The second kappa shape index (κ2) is 7.09. The lowest BCUT2D eigenvalue weighted by Gasteiger charge is -2.21. The quantitative estimate of drug-likeness (QED) is 0.730. The predicted octanol–water partition coefficient (Wildman–Crippen LogP) is 4.53. The molecule has 1 aliphatic carbocycles. The van der Waals surface area contributed by atoms with Crippen molar-refractivity contribution < 1.29 is 13.6 Å². The number of hydrogen-bond donors (Lipinski definition) is 1. The lowest BCUT2D eigenvalue weighted by atomic mass is 9.96. The number of carbonyl (C=O) groups excluding carboxylic acids is 1. The number of alkyl halides is 2. The van der Waals surface area contributed by atoms with Gasteiger partial charge in [-0.2, -0.15) is 5.10 Å². The number of carbonyl (C=O) groups is 1. The average Bonchev–Trinajstić information content (AvgIpc) is 3.28. The summed E-state index contributed by atoms with van der Waals surface area (Å²) in [7, 11) is 0. The number of nitrogens with one attached hydrogen (secondary N) is 1. The van der Waals surface area contributed by atoms with E-state index in [0.29, 0.717) is 11.2 Å². The van der Waals surface area contributed by atoms with Crippen molar-refractivity contribution >= 4 is 17.2 Å². The molecule has 6 nitrogen and oxygen atoms in total. The Kier molecular flexibility index (Phi) is 4.63. The highest BCUT2D eigenvalue weighted by Gasteiger charge is 2.25. The van der Waals surface area contributed by atoms with Gasteiger partial charge in [0.05, 0.1) is 17.3 Å². The summed E-state index contributed by atoms with van der Waals surface area (Å²) in [6.45, 7) is 1.90. The Morgan fingerprint density at radius 1 is 1.26 bits per heavy atom. The zero-order chi connectivity index (χ0) is 19.0. The molecule has 1 aliphatic rings. The molecule has 27 heavy (non-hydrogen) atoms. The molecule has 0 spiro atoms. The first-order chi connectivity index (χ1) is 13.0. The van der Waals surface area contributed by atoms with Gasteiger partial charge in [-0.3, -0.25) is 9.48 Å². The monoisotopic (exact) mass is 373 g/mol. The van der Waals surface area contributed by atoms with E-state index in [-0.39, 0.29) is 17.4 Å². The summed E-state index contributed by atoms with van der Waals surface area (Å²) in [5, 5.41) is 6.69. The van der Waals surface area contributed by atoms with Crippen LogP contribution in [0.5, 0.6) is 0 Å². The van der Waals surface area contributed by atoms with E-state index in [1.165, 1.54) is 6.20 Å². The third kappa shape index (κ3) is 3.31. The molecule has 4 rings (SSSR count). The Hall–Kier alpha value is -2.77. The topological polar surface area (TPSA) is 64.2 Å². The smallest absolute Gasteiger partial charge is 0.284 e. The molecule has 3 aromatic heterocycles. The van der Waals surface area contributed by atoms with Crippen molar-refractivity contribution in [2.24, 2.45) is 0 Å². The second-order valence-electron chi connectivity index (χ2n) is 6.96. The van der Waals surface area contributed by atoms with Crippen molar-refractivity contribution in [3.63, 3.8) is 0 Å². The zero-order valence-electron chi connectivity index (χ0n) is 15.0. The lowest BCUT2D eigenvalue weighted by Crippen LogP contribution is -2.14. The highest BCUT2D eigenvalue weighted by atomic mass is 19.3. The van der Waals surface area contributed by atoms with E-state index in [4.69, 9.17) is 0 Å². The normalized spacial score (nSPS) is 15.6. The van der Waals surface area contributed by atoms with E-state index in [2.05, 4.69) is 15.4 Å². The first-order valence-corrected chi connectivity index (χ1v) is 9.16. The van der Waals surface area contributed by atoms with E-state index < -0.39 is 12.3 Å². The number of rotatable bonds is 4. The molecule has 0 atom stereocenters. The van der Waals surface area contributed by atoms with E-state index in [9.17, 15) is 13.6 Å². The predicted molar refractivity (Wildman–Crippen MR) is 97.2 cm³/mol. The zero-order valence-corrected chi connectivity index (χ0v) is 15.0. The molecule has 0 saturated heterocycles. The SMILES string of the molecule is Cc1ccnc2c(C(=O)Nc3cn(C4CCCCC4)nc3C(F)F)ccn12. The number of fused-ring (bicyclic) bond motifs is 1. The third-order valence-electron chi connectivity index (χ3n) is 5.16. The molecule has 0 aliphatic heterocycles. The van der Waals surface area contributed by atoms with Crippen LogP contribution < -0.4 is 5.32 Å². The maximum atomic E-state index is 13.5. The van der Waals surface area contributed by atoms with Crippen LogP contribution in [0.15, 0.2) is 30.7 Å². The molecule has 1 N–H and O–H groups in total. The highest BCUT2D eigenvalue weighted by Crippen LogP contribution is 2.32. The summed E-state index contributed by atoms with van der Waals surface area (Å²) in [6, 6.07) is 3.58. The molecule has 0 radical (unpaired) electrons. The van der Waals surface area contributed by atoms with Crippen LogP contribution in [-0.2, 0) is 0 Å². The van der Waals surface area contributed by atoms with E-state index in [0.717, 1.165) is 37.8 Å². The largest absolute Gasteiger partial charge is 0.319 e. The summed E-state index contributed by atoms with van der Waals surface area (Å²) in [5.74, 6) is -0.472. The molecule has 1 saturated carbocycles. The van der Waals surface area contributed by atoms with Gasteiger partial charge >= 0.3 is 0 Å². The van der Waals surface area contributed by atoms with Gasteiger partial charge in [0, 0.05) is 24.3 Å². The van der Waals surface area contributed by atoms with Crippen molar-refractivity contribution in [2.45, 2.75) is 51.5 Å². The Morgan fingerprint density at radius 3 is 2.78 bits per heavy atom. The average molecular weight is 373 g/mol. The van der Waals surface area contributed by atoms with Gasteiger partial charge in [-0.25, -0.2) is 13.8 Å². The van der Waals surface area contributed by atoms with Crippen molar-refractivity contribution in [1.82, 2.24) is 19.2 Å². The number of anilines is 1. The third-order valence-corrected chi connectivity index (χ3v) is 5.16. The molecule has 8 heteroatoms.